The highest BCUT2D eigenvalue weighted by Crippen LogP contribution is 2.42. The predicted molar refractivity (Wildman–Crippen MR) is 73.4 cm³/mol. The molecule has 94 valence electrons. The minimum atomic E-state index is 0.554. The molecule has 3 heteroatoms. The number of ether oxygens (including phenoxy) is 1. The molecule has 1 unspecified atom stereocenters. The summed E-state index contributed by atoms with van der Waals surface area (Å²) in [7, 11) is 0. The molecule has 0 spiro atoms. The zero-order chi connectivity index (χ0) is 11.9. The summed E-state index contributed by atoms with van der Waals surface area (Å²) in [5.74, 6) is 0.849. The Morgan fingerprint density at radius 2 is 2.41 bits per heavy atom. The van der Waals surface area contributed by atoms with E-state index >= 15 is 0 Å². The Hall–Kier alpha value is -0.640. The standard InChI is InChI=1S/C14H21NOS/c1-2-3-9-16-10-8-15-14(12-6-7-12)13-5-4-11-17-13/h2,4-5,11-12,14-15H,1,3,6-10H2. The van der Waals surface area contributed by atoms with Gasteiger partial charge in [-0.25, -0.2) is 0 Å². The molecule has 0 bridgehead atoms. The summed E-state index contributed by atoms with van der Waals surface area (Å²) in [5.41, 5.74) is 0. The van der Waals surface area contributed by atoms with Gasteiger partial charge >= 0.3 is 0 Å². The van der Waals surface area contributed by atoms with E-state index in [0.717, 1.165) is 32.1 Å². The van der Waals surface area contributed by atoms with E-state index in [1.165, 1.54) is 17.7 Å². The monoisotopic (exact) mass is 251 g/mol. The second kappa shape index (κ2) is 6.94. The molecule has 1 aromatic rings. The topological polar surface area (TPSA) is 21.3 Å². The molecule has 0 aliphatic heterocycles. The number of thiophene rings is 1. The van der Waals surface area contributed by atoms with Gasteiger partial charge in [0.1, 0.15) is 0 Å². The van der Waals surface area contributed by atoms with Crippen molar-refractivity contribution in [2.45, 2.75) is 25.3 Å². The van der Waals surface area contributed by atoms with Gasteiger partial charge in [0.15, 0.2) is 0 Å². The van der Waals surface area contributed by atoms with E-state index in [0.29, 0.717) is 6.04 Å². The summed E-state index contributed by atoms with van der Waals surface area (Å²) in [4.78, 5) is 1.47. The molecular formula is C14H21NOS. The average Bonchev–Trinajstić information content (AvgIpc) is 3.03. The van der Waals surface area contributed by atoms with Crippen molar-refractivity contribution in [1.29, 1.82) is 0 Å². The Morgan fingerprint density at radius 1 is 1.53 bits per heavy atom. The lowest BCUT2D eigenvalue weighted by atomic mass is 10.1. The molecule has 0 amide bonds. The largest absolute Gasteiger partial charge is 0.380 e. The van der Waals surface area contributed by atoms with Crippen molar-refractivity contribution < 1.29 is 4.74 Å². The first-order valence-corrected chi connectivity index (χ1v) is 7.25. The van der Waals surface area contributed by atoms with E-state index in [2.05, 4.69) is 29.4 Å². The Labute approximate surface area is 108 Å². The summed E-state index contributed by atoms with van der Waals surface area (Å²) in [6.45, 7) is 6.20. The summed E-state index contributed by atoms with van der Waals surface area (Å²) >= 11 is 1.85. The molecule has 0 radical (unpaired) electrons. The van der Waals surface area contributed by atoms with E-state index in [-0.39, 0.29) is 0 Å². The fourth-order valence-corrected chi connectivity index (χ4v) is 2.85. The van der Waals surface area contributed by atoms with Gasteiger partial charge in [0, 0.05) is 17.5 Å². The number of hydrogen-bond donors (Lipinski definition) is 1. The fourth-order valence-electron chi connectivity index (χ4n) is 1.95. The molecule has 2 rings (SSSR count). The quantitative estimate of drug-likeness (QED) is 0.536. The summed E-state index contributed by atoms with van der Waals surface area (Å²) in [6, 6.07) is 4.93. The number of nitrogens with one attached hydrogen (secondary N) is 1. The molecule has 1 aliphatic rings. The van der Waals surface area contributed by atoms with E-state index in [9.17, 15) is 0 Å². The molecule has 1 atom stereocenters. The Morgan fingerprint density at radius 3 is 3.06 bits per heavy atom. The van der Waals surface area contributed by atoms with E-state index in [1.54, 1.807) is 0 Å². The van der Waals surface area contributed by atoms with Crippen molar-refractivity contribution in [2.75, 3.05) is 19.8 Å². The molecular weight excluding hydrogens is 230 g/mol. The van der Waals surface area contributed by atoms with E-state index in [4.69, 9.17) is 4.74 Å². The minimum Gasteiger partial charge on any atom is -0.380 e. The van der Waals surface area contributed by atoms with Crippen LogP contribution in [0.15, 0.2) is 30.2 Å². The lowest BCUT2D eigenvalue weighted by Crippen LogP contribution is -2.26. The first-order chi connectivity index (χ1) is 8.42. The van der Waals surface area contributed by atoms with Gasteiger partial charge in [-0.1, -0.05) is 12.1 Å². The Balaban J connectivity index is 1.66. The zero-order valence-electron chi connectivity index (χ0n) is 10.2. The normalized spacial score (nSPS) is 16.9. The molecule has 1 fully saturated rings. The second-order valence-electron chi connectivity index (χ2n) is 4.47. The van der Waals surface area contributed by atoms with Crippen LogP contribution in [0.5, 0.6) is 0 Å². The van der Waals surface area contributed by atoms with Crippen LogP contribution in [0.3, 0.4) is 0 Å². The maximum absolute atomic E-state index is 5.51. The molecule has 1 heterocycles. The van der Waals surface area contributed by atoms with Crippen LogP contribution in [0, 0.1) is 5.92 Å². The van der Waals surface area contributed by atoms with Gasteiger partial charge in [-0.2, -0.15) is 0 Å². The van der Waals surface area contributed by atoms with Gasteiger partial charge in [0.25, 0.3) is 0 Å². The fraction of sp³-hybridized carbons (Fsp3) is 0.571. The maximum atomic E-state index is 5.51. The van der Waals surface area contributed by atoms with Crippen LogP contribution in [0.1, 0.15) is 30.2 Å². The first kappa shape index (κ1) is 12.8. The Bertz CT molecular complexity index is 319. The average molecular weight is 251 g/mol. The molecule has 2 nitrogen and oxygen atoms in total. The summed E-state index contributed by atoms with van der Waals surface area (Å²) in [6.07, 6.45) is 5.57. The number of rotatable bonds is 9. The van der Waals surface area contributed by atoms with Crippen molar-refractivity contribution in [3.8, 4) is 0 Å². The zero-order valence-corrected chi connectivity index (χ0v) is 11.0. The lowest BCUT2D eigenvalue weighted by Gasteiger charge is -2.16. The minimum absolute atomic E-state index is 0.554. The molecule has 0 aromatic carbocycles. The number of hydrogen-bond acceptors (Lipinski definition) is 3. The van der Waals surface area contributed by atoms with Gasteiger partial charge in [0.2, 0.25) is 0 Å². The van der Waals surface area contributed by atoms with Crippen molar-refractivity contribution in [3.63, 3.8) is 0 Å². The van der Waals surface area contributed by atoms with Crippen molar-refractivity contribution in [2.24, 2.45) is 5.92 Å². The van der Waals surface area contributed by atoms with Crippen LogP contribution in [0.25, 0.3) is 0 Å². The lowest BCUT2D eigenvalue weighted by molar-refractivity contribution is 0.137. The predicted octanol–water partition coefficient (Wildman–Crippen LogP) is 3.38. The van der Waals surface area contributed by atoms with Crippen LogP contribution < -0.4 is 5.32 Å². The highest BCUT2D eigenvalue weighted by Gasteiger charge is 2.32. The van der Waals surface area contributed by atoms with Gasteiger partial charge in [-0.15, -0.1) is 17.9 Å². The highest BCUT2D eigenvalue weighted by molar-refractivity contribution is 7.10. The highest BCUT2D eigenvalue weighted by atomic mass is 32.1. The van der Waals surface area contributed by atoms with Crippen LogP contribution in [-0.4, -0.2) is 19.8 Å². The van der Waals surface area contributed by atoms with Crippen LogP contribution in [0.4, 0.5) is 0 Å². The van der Waals surface area contributed by atoms with Crippen LogP contribution in [0.2, 0.25) is 0 Å². The molecule has 0 saturated heterocycles. The Kier molecular flexibility index (Phi) is 5.23. The molecule has 1 saturated carbocycles. The van der Waals surface area contributed by atoms with Crippen molar-refractivity contribution in [3.05, 3.63) is 35.0 Å². The molecule has 1 aliphatic carbocycles. The summed E-state index contributed by atoms with van der Waals surface area (Å²) < 4.78 is 5.51. The van der Waals surface area contributed by atoms with Crippen LogP contribution >= 0.6 is 11.3 Å². The second-order valence-corrected chi connectivity index (χ2v) is 5.45. The van der Waals surface area contributed by atoms with Gasteiger partial charge < -0.3 is 10.1 Å². The first-order valence-electron chi connectivity index (χ1n) is 6.37. The van der Waals surface area contributed by atoms with Crippen LogP contribution in [-0.2, 0) is 4.74 Å². The summed E-state index contributed by atoms with van der Waals surface area (Å²) in [5, 5.41) is 5.78. The molecule has 1 aromatic heterocycles. The van der Waals surface area contributed by atoms with Gasteiger partial charge in [-0.3, -0.25) is 0 Å². The third-order valence-electron chi connectivity index (χ3n) is 3.02. The van der Waals surface area contributed by atoms with Gasteiger partial charge in [-0.05, 0) is 36.6 Å². The molecule has 17 heavy (non-hydrogen) atoms. The maximum Gasteiger partial charge on any atom is 0.0591 e. The third kappa shape index (κ3) is 4.26. The SMILES string of the molecule is C=CCCOCCNC(c1cccs1)C1CC1. The molecule has 1 N–H and O–H groups in total. The third-order valence-corrected chi connectivity index (χ3v) is 3.98. The van der Waals surface area contributed by atoms with Gasteiger partial charge in [0.05, 0.1) is 13.2 Å². The van der Waals surface area contributed by atoms with E-state index < -0.39 is 0 Å². The van der Waals surface area contributed by atoms with Crippen molar-refractivity contribution >= 4 is 11.3 Å². The smallest absolute Gasteiger partial charge is 0.0591 e. The van der Waals surface area contributed by atoms with E-state index in [1.807, 2.05) is 17.4 Å². The van der Waals surface area contributed by atoms with Crippen molar-refractivity contribution in [1.82, 2.24) is 5.32 Å².